The van der Waals surface area contributed by atoms with Crippen LogP contribution in [0.5, 0.6) is 0 Å². The van der Waals surface area contributed by atoms with Gasteiger partial charge in [0.2, 0.25) is 5.91 Å². The fraction of sp³-hybridized carbons (Fsp3) is 0.714. The lowest BCUT2D eigenvalue weighted by Gasteiger charge is -2.28. The molecule has 2 atom stereocenters. The normalized spacial score (nSPS) is 29.4. The van der Waals surface area contributed by atoms with Gasteiger partial charge < -0.3 is 10.6 Å². The van der Waals surface area contributed by atoms with Crippen LogP contribution in [0, 0.1) is 5.92 Å². The van der Waals surface area contributed by atoms with E-state index in [2.05, 4.69) is 15.7 Å². The maximum absolute atomic E-state index is 12.0. The van der Waals surface area contributed by atoms with E-state index in [-0.39, 0.29) is 5.91 Å². The van der Waals surface area contributed by atoms with Crippen LogP contribution in [0.4, 0.5) is 0 Å². The topological polar surface area (TPSA) is 59.0 Å². The van der Waals surface area contributed by atoms with E-state index in [1.807, 2.05) is 19.3 Å². The zero-order valence-corrected chi connectivity index (χ0v) is 11.4. The maximum Gasteiger partial charge on any atom is 0.220 e. The monoisotopic (exact) mass is 262 g/mol. The SMILES string of the molecule is Cn1ccc(CNC(=O)CC2CC3CCC(C2)N3)n1. The highest BCUT2D eigenvalue weighted by Gasteiger charge is 2.34. The van der Waals surface area contributed by atoms with Gasteiger partial charge in [-0.3, -0.25) is 9.48 Å². The first kappa shape index (κ1) is 12.7. The second-order valence-electron chi connectivity index (χ2n) is 5.94. The molecule has 2 saturated heterocycles. The van der Waals surface area contributed by atoms with Gasteiger partial charge in [-0.2, -0.15) is 5.10 Å². The molecule has 2 unspecified atom stereocenters. The molecule has 19 heavy (non-hydrogen) atoms. The molecule has 5 heteroatoms. The van der Waals surface area contributed by atoms with Crippen LogP contribution in [-0.2, 0) is 18.4 Å². The van der Waals surface area contributed by atoms with Crippen molar-refractivity contribution >= 4 is 5.91 Å². The number of hydrogen-bond donors (Lipinski definition) is 2. The molecule has 1 aromatic heterocycles. The van der Waals surface area contributed by atoms with Crippen LogP contribution in [0.3, 0.4) is 0 Å². The molecule has 5 nitrogen and oxygen atoms in total. The first-order chi connectivity index (χ1) is 9.19. The number of carbonyl (C=O) groups is 1. The van der Waals surface area contributed by atoms with Crippen LogP contribution < -0.4 is 10.6 Å². The zero-order valence-electron chi connectivity index (χ0n) is 11.4. The highest BCUT2D eigenvalue weighted by molar-refractivity contribution is 5.76. The number of fused-ring (bicyclic) bond motifs is 2. The third-order valence-electron chi connectivity index (χ3n) is 4.28. The molecule has 2 aliphatic heterocycles. The Bertz CT molecular complexity index is 444. The molecular weight excluding hydrogens is 240 g/mol. The summed E-state index contributed by atoms with van der Waals surface area (Å²) in [5, 5.41) is 10.8. The summed E-state index contributed by atoms with van der Waals surface area (Å²) in [5.74, 6) is 0.722. The summed E-state index contributed by atoms with van der Waals surface area (Å²) in [6.45, 7) is 0.539. The van der Waals surface area contributed by atoms with Gasteiger partial charge in [-0.25, -0.2) is 0 Å². The van der Waals surface area contributed by atoms with E-state index in [1.54, 1.807) is 4.68 Å². The minimum absolute atomic E-state index is 0.164. The third-order valence-corrected chi connectivity index (χ3v) is 4.28. The van der Waals surface area contributed by atoms with Crippen molar-refractivity contribution < 1.29 is 4.79 Å². The molecule has 2 aliphatic rings. The number of carbonyl (C=O) groups excluding carboxylic acids is 1. The van der Waals surface area contributed by atoms with Gasteiger partial charge in [0.25, 0.3) is 0 Å². The standard InChI is InChI=1S/C14H22N4O/c1-18-5-4-13(17-18)9-15-14(19)8-10-6-11-2-3-12(7-10)16-11/h4-5,10-12,16H,2-3,6-9H2,1H3,(H,15,19). The van der Waals surface area contributed by atoms with E-state index in [0.29, 0.717) is 31.0 Å². The Balaban J connectivity index is 1.44. The van der Waals surface area contributed by atoms with Crippen molar-refractivity contribution in [2.24, 2.45) is 13.0 Å². The second kappa shape index (κ2) is 5.33. The Morgan fingerprint density at radius 1 is 1.47 bits per heavy atom. The number of amides is 1. The summed E-state index contributed by atoms with van der Waals surface area (Å²) < 4.78 is 1.76. The molecule has 1 amide bonds. The largest absolute Gasteiger partial charge is 0.350 e. The number of piperidine rings is 1. The van der Waals surface area contributed by atoms with Crippen molar-refractivity contribution in [3.63, 3.8) is 0 Å². The van der Waals surface area contributed by atoms with E-state index >= 15 is 0 Å². The van der Waals surface area contributed by atoms with Crippen LogP contribution in [0.15, 0.2) is 12.3 Å². The zero-order chi connectivity index (χ0) is 13.2. The molecule has 0 radical (unpaired) electrons. The molecule has 3 heterocycles. The molecule has 1 aromatic rings. The second-order valence-corrected chi connectivity index (χ2v) is 5.94. The van der Waals surface area contributed by atoms with Gasteiger partial charge in [0, 0.05) is 31.7 Å². The summed E-state index contributed by atoms with van der Waals surface area (Å²) in [7, 11) is 1.89. The predicted molar refractivity (Wildman–Crippen MR) is 72.3 cm³/mol. The smallest absolute Gasteiger partial charge is 0.220 e. The van der Waals surface area contributed by atoms with Crippen molar-refractivity contribution in [2.75, 3.05) is 0 Å². The van der Waals surface area contributed by atoms with Gasteiger partial charge in [-0.1, -0.05) is 0 Å². The Labute approximate surface area is 113 Å². The van der Waals surface area contributed by atoms with Gasteiger partial charge in [0.15, 0.2) is 0 Å². The molecule has 2 fully saturated rings. The quantitative estimate of drug-likeness (QED) is 0.849. The fourth-order valence-electron chi connectivity index (χ4n) is 3.42. The van der Waals surface area contributed by atoms with E-state index in [4.69, 9.17) is 0 Å². The molecule has 0 aliphatic carbocycles. The van der Waals surface area contributed by atoms with Crippen molar-refractivity contribution in [3.05, 3.63) is 18.0 Å². The minimum atomic E-state index is 0.164. The molecule has 2 bridgehead atoms. The lowest BCUT2D eigenvalue weighted by Crippen LogP contribution is -2.39. The number of nitrogens with one attached hydrogen (secondary N) is 2. The number of nitrogens with zero attached hydrogens (tertiary/aromatic N) is 2. The molecule has 0 aromatic carbocycles. The molecule has 2 N–H and O–H groups in total. The fourth-order valence-corrected chi connectivity index (χ4v) is 3.42. The van der Waals surface area contributed by atoms with Crippen LogP contribution >= 0.6 is 0 Å². The highest BCUT2D eigenvalue weighted by Crippen LogP contribution is 2.32. The van der Waals surface area contributed by atoms with Gasteiger partial charge in [-0.15, -0.1) is 0 Å². The Kier molecular flexibility index (Phi) is 3.55. The van der Waals surface area contributed by atoms with Crippen molar-refractivity contribution in [2.45, 2.75) is 50.7 Å². The summed E-state index contributed by atoms with van der Waals surface area (Å²) in [6.07, 6.45) is 7.46. The van der Waals surface area contributed by atoms with Gasteiger partial charge in [0.05, 0.1) is 12.2 Å². The van der Waals surface area contributed by atoms with Crippen LogP contribution in [0.25, 0.3) is 0 Å². The lowest BCUT2D eigenvalue weighted by atomic mass is 9.89. The minimum Gasteiger partial charge on any atom is -0.350 e. The Hall–Kier alpha value is -1.36. The summed E-state index contributed by atoms with van der Waals surface area (Å²) in [4.78, 5) is 12.0. The van der Waals surface area contributed by atoms with Crippen LogP contribution in [-0.4, -0.2) is 27.8 Å². The maximum atomic E-state index is 12.0. The molecule has 3 rings (SSSR count). The van der Waals surface area contributed by atoms with Crippen molar-refractivity contribution in [1.29, 1.82) is 0 Å². The average Bonchev–Trinajstić information content (AvgIpc) is 2.93. The highest BCUT2D eigenvalue weighted by atomic mass is 16.1. The number of hydrogen-bond acceptors (Lipinski definition) is 3. The van der Waals surface area contributed by atoms with Gasteiger partial charge in [0.1, 0.15) is 0 Å². The van der Waals surface area contributed by atoms with E-state index in [0.717, 1.165) is 18.5 Å². The van der Waals surface area contributed by atoms with Crippen molar-refractivity contribution in [3.8, 4) is 0 Å². The number of rotatable bonds is 4. The number of aromatic nitrogens is 2. The predicted octanol–water partition coefficient (Wildman–Crippen LogP) is 0.957. The van der Waals surface area contributed by atoms with Crippen LogP contribution in [0.2, 0.25) is 0 Å². The van der Waals surface area contributed by atoms with Gasteiger partial charge >= 0.3 is 0 Å². The molecule has 0 saturated carbocycles. The van der Waals surface area contributed by atoms with Crippen LogP contribution in [0.1, 0.15) is 37.8 Å². The van der Waals surface area contributed by atoms with Crippen molar-refractivity contribution in [1.82, 2.24) is 20.4 Å². The average molecular weight is 262 g/mol. The Morgan fingerprint density at radius 2 is 2.21 bits per heavy atom. The summed E-state index contributed by atoms with van der Waals surface area (Å²) in [6, 6.07) is 3.25. The lowest BCUT2D eigenvalue weighted by molar-refractivity contribution is -0.122. The molecule has 0 spiro atoms. The third kappa shape index (κ3) is 3.15. The van der Waals surface area contributed by atoms with Gasteiger partial charge in [-0.05, 0) is 37.7 Å². The summed E-state index contributed by atoms with van der Waals surface area (Å²) in [5.41, 5.74) is 0.918. The first-order valence-corrected chi connectivity index (χ1v) is 7.20. The molecule has 104 valence electrons. The Morgan fingerprint density at radius 3 is 2.84 bits per heavy atom. The van der Waals surface area contributed by atoms with E-state index < -0.39 is 0 Å². The molecular formula is C14H22N4O. The van der Waals surface area contributed by atoms with E-state index in [1.165, 1.54) is 12.8 Å². The first-order valence-electron chi connectivity index (χ1n) is 7.20. The number of aryl methyl sites for hydroxylation is 1. The van der Waals surface area contributed by atoms with E-state index in [9.17, 15) is 4.79 Å². The summed E-state index contributed by atoms with van der Waals surface area (Å²) >= 11 is 0.